The minimum atomic E-state index is -0.565. The van der Waals surface area contributed by atoms with E-state index in [0.717, 1.165) is 0 Å². The molecule has 10 heteroatoms. The molecule has 0 heterocycles. The number of hydrogen-bond acceptors (Lipinski definition) is 7. The molecule has 1 N–H and O–H groups in total. The molecule has 0 aliphatic carbocycles. The molecule has 0 unspecified atom stereocenters. The Hall–Kier alpha value is -4.05. The highest BCUT2D eigenvalue weighted by atomic mass is 79.9. The smallest absolute Gasteiger partial charge is 0.343 e. The summed E-state index contributed by atoms with van der Waals surface area (Å²) in [7, 11) is 0. The van der Waals surface area contributed by atoms with Crippen LogP contribution in [0.4, 0.5) is 5.69 Å². The maximum Gasteiger partial charge on any atom is 0.343 e. The number of carbonyl (C=O) groups is 2. The molecule has 3 aromatic rings. The Morgan fingerprint density at radius 3 is 2.36 bits per heavy atom. The second-order valence-electron chi connectivity index (χ2n) is 6.53. The van der Waals surface area contributed by atoms with Gasteiger partial charge in [0, 0.05) is 27.7 Å². The number of hydrazone groups is 1. The minimum absolute atomic E-state index is 0.122. The van der Waals surface area contributed by atoms with Crippen LogP contribution in [0.2, 0.25) is 0 Å². The molecule has 0 radical (unpaired) electrons. The first-order chi connectivity index (χ1) is 15.9. The van der Waals surface area contributed by atoms with Crippen molar-refractivity contribution in [3.63, 3.8) is 0 Å². The summed E-state index contributed by atoms with van der Waals surface area (Å²) in [6, 6.07) is 16.6. The zero-order valence-electron chi connectivity index (χ0n) is 17.4. The van der Waals surface area contributed by atoms with E-state index in [4.69, 9.17) is 9.47 Å². The molecule has 3 aromatic carbocycles. The van der Waals surface area contributed by atoms with Crippen molar-refractivity contribution >= 4 is 39.7 Å². The summed E-state index contributed by atoms with van der Waals surface area (Å²) in [4.78, 5) is 34.9. The van der Waals surface area contributed by atoms with E-state index in [1.807, 2.05) is 6.92 Å². The summed E-state index contributed by atoms with van der Waals surface area (Å²) < 4.78 is 11.6. The van der Waals surface area contributed by atoms with Crippen LogP contribution in [-0.2, 0) is 0 Å². The van der Waals surface area contributed by atoms with Gasteiger partial charge in [-0.25, -0.2) is 10.2 Å². The summed E-state index contributed by atoms with van der Waals surface area (Å²) in [6.45, 7) is 2.39. The Morgan fingerprint density at radius 1 is 1.06 bits per heavy atom. The van der Waals surface area contributed by atoms with Crippen LogP contribution in [0.5, 0.6) is 11.5 Å². The van der Waals surface area contributed by atoms with Gasteiger partial charge in [-0.3, -0.25) is 14.9 Å². The van der Waals surface area contributed by atoms with Gasteiger partial charge in [-0.2, -0.15) is 5.10 Å². The number of benzene rings is 3. The molecule has 3 rings (SSSR count). The van der Waals surface area contributed by atoms with Crippen LogP contribution in [0.1, 0.15) is 33.2 Å². The molecule has 0 aromatic heterocycles. The second-order valence-corrected chi connectivity index (χ2v) is 7.45. The maximum atomic E-state index is 12.5. The number of nitro benzene ring substituents is 1. The summed E-state index contributed by atoms with van der Waals surface area (Å²) in [6.07, 6.45) is 1.33. The number of ether oxygens (including phenoxy) is 2. The van der Waals surface area contributed by atoms with Gasteiger partial charge >= 0.3 is 5.97 Å². The third-order valence-electron chi connectivity index (χ3n) is 4.29. The molecule has 0 aliphatic rings. The maximum absolute atomic E-state index is 12.5. The fraction of sp³-hybridized carbons (Fsp3) is 0.0870. The molecule has 9 nitrogen and oxygen atoms in total. The molecule has 33 heavy (non-hydrogen) atoms. The van der Waals surface area contributed by atoms with Crippen molar-refractivity contribution in [2.75, 3.05) is 6.61 Å². The lowest BCUT2D eigenvalue weighted by Gasteiger charge is -2.09. The van der Waals surface area contributed by atoms with Crippen LogP contribution in [0, 0.1) is 10.1 Å². The van der Waals surface area contributed by atoms with Crippen LogP contribution < -0.4 is 14.9 Å². The highest BCUT2D eigenvalue weighted by molar-refractivity contribution is 9.10. The predicted octanol–water partition coefficient (Wildman–Crippen LogP) is 4.74. The first kappa shape index (κ1) is 23.6. The van der Waals surface area contributed by atoms with E-state index >= 15 is 0 Å². The van der Waals surface area contributed by atoms with Gasteiger partial charge in [-0.15, -0.1) is 0 Å². The molecule has 0 fully saturated rings. The third-order valence-corrected chi connectivity index (χ3v) is 4.78. The van der Waals surface area contributed by atoms with Crippen molar-refractivity contribution < 1.29 is 24.0 Å². The number of carbonyl (C=O) groups excluding carboxylic acids is 2. The van der Waals surface area contributed by atoms with Crippen molar-refractivity contribution in [2.24, 2.45) is 5.10 Å². The monoisotopic (exact) mass is 511 g/mol. The Labute approximate surface area is 197 Å². The lowest BCUT2D eigenvalue weighted by molar-refractivity contribution is -0.384. The predicted molar refractivity (Wildman–Crippen MR) is 125 cm³/mol. The average Bonchev–Trinajstić information content (AvgIpc) is 2.81. The second kappa shape index (κ2) is 11.0. The molecule has 0 saturated carbocycles. The Kier molecular flexibility index (Phi) is 7.87. The molecule has 0 atom stereocenters. The minimum Gasteiger partial charge on any atom is -0.494 e. The third kappa shape index (κ3) is 6.47. The van der Waals surface area contributed by atoms with Crippen molar-refractivity contribution in [1.82, 2.24) is 5.43 Å². The van der Waals surface area contributed by atoms with Crippen LogP contribution in [0.25, 0.3) is 0 Å². The quantitative estimate of drug-likeness (QED) is 0.153. The van der Waals surface area contributed by atoms with Crippen LogP contribution in [0.3, 0.4) is 0 Å². The van der Waals surface area contributed by atoms with Gasteiger partial charge in [0.1, 0.15) is 11.5 Å². The molecular formula is C23H18BrN3O6. The summed E-state index contributed by atoms with van der Waals surface area (Å²) >= 11 is 3.35. The summed E-state index contributed by atoms with van der Waals surface area (Å²) in [5, 5.41) is 14.6. The van der Waals surface area contributed by atoms with E-state index < -0.39 is 16.8 Å². The molecular weight excluding hydrogens is 494 g/mol. The zero-order chi connectivity index (χ0) is 23.8. The molecule has 1 amide bonds. The Morgan fingerprint density at radius 2 is 1.73 bits per heavy atom. The number of rotatable bonds is 8. The Balaban J connectivity index is 1.70. The summed E-state index contributed by atoms with van der Waals surface area (Å²) in [5.41, 5.74) is 3.20. The number of nitrogens with zero attached hydrogens (tertiary/aromatic N) is 2. The van der Waals surface area contributed by atoms with Crippen LogP contribution >= 0.6 is 15.9 Å². The van der Waals surface area contributed by atoms with E-state index in [2.05, 4.69) is 26.5 Å². The molecule has 0 aliphatic heterocycles. The largest absolute Gasteiger partial charge is 0.494 e. The van der Waals surface area contributed by atoms with E-state index in [-0.39, 0.29) is 17.0 Å². The highest BCUT2D eigenvalue weighted by Crippen LogP contribution is 2.23. The van der Waals surface area contributed by atoms with E-state index in [1.54, 1.807) is 42.5 Å². The van der Waals surface area contributed by atoms with Crippen LogP contribution in [0.15, 0.2) is 76.3 Å². The fourth-order valence-electron chi connectivity index (χ4n) is 2.69. The van der Waals surface area contributed by atoms with Crippen molar-refractivity contribution in [1.29, 1.82) is 0 Å². The first-order valence-corrected chi connectivity index (χ1v) is 10.5. The number of nitro groups is 1. The molecule has 0 saturated heterocycles. The van der Waals surface area contributed by atoms with Crippen LogP contribution in [-0.4, -0.2) is 29.6 Å². The highest BCUT2D eigenvalue weighted by Gasteiger charge is 2.13. The number of hydrogen-bond donors (Lipinski definition) is 1. The number of nitrogens with one attached hydrogen (secondary N) is 1. The van der Waals surface area contributed by atoms with Crippen molar-refractivity contribution in [3.05, 3.63) is 98.0 Å². The van der Waals surface area contributed by atoms with Gasteiger partial charge in [-0.05, 0) is 61.5 Å². The molecule has 0 bridgehead atoms. The first-order valence-electron chi connectivity index (χ1n) is 9.70. The van der Waals surface area contributed by atoms with Gasteiger partial charge in [0.05, 0.1) is 23.3 Å². The molecule has 168 valence electrons. The Bertz CT molecular complexity index is 1190. The van der Waals surface area contributed by atoms with Gasteiger partial charge in [0.25, 0.3) is 11.6 Å². The average molecular weight is 512 g/mol. The van der Waals surface area contributed by atoms with Crippen molar-refractivity contribution in [2.45, 2.75) is 6.92 Å². The number of halogens is 1. The number of esters is 1. The van der Waals surface area contributed by atoms with Gasteiger partial charge in [0.15, 0.2) is 0 Å². The normalized spacial score (nSPS) is 10.6. The SMILES string of the molecule is CCOc1ccc(C(=O)Oc2ccc(Br)cc2C=NNC(=O)c2ccc([N+](=O)[O-])cc2)cc1. The topological polar surface area (TPSA) is 120 Å². The number of non-ortho nitro benzene ring substituents is 1. The fourth-order valence-corrected chi connectivity index (χ4v) is 3.06. The summed E-state index contributed by atoms with van der Waals surface area (Å²) in [5.74, 6) is -0.228. The van der Waals surface area contributed by atoms with Gasteiger partial charge in [0.2, 0.25) is 0 Å². The van der Waals surface area contributed by atoms with Gasteiger partial charge in [-0.1, -0.05) is 15.9 Å². The van der Waals surface area contributed by atoms with Gasteiger partial charge < -0.3 is 9.47 Å². The van der Waals surface area contributed by atoms with E-state index in [1.165, 1.54) is 30.5 Å². The lowest BCUT2D eigenvalue weighted by Crippen LogP contribution is -2.17. The van der Waals surface area contributed by atoms with E-state index in [0.29, 0.717) is 28.0 Å². The zero-order valence-corrected chi connectivity index (χ0v) is 18.9. The lowest BCUT2D eigenvalue weighted by atomic mass is 10.2. The van der Waals surface area contributed by atoms with E-state index in [9.17, 15) is 19.7 Å². The number of amides is 1. The molecule has 0 spiro atoms. The van der Waals surface area contributed by atoms with Crippen molar-refractivity contribution in [3.8, 4) is 11.5 Å². The standard InChI is InChI=1S/C23H18BrN3O6/c1-2-32-20-10-5-16(6-11-20)23(29)33-21-12-7-18(24)13-17(21)14-25-26-22(28)15-3-8-19(9-4-15)27(30)31/h3-14H,2H2,1H3,(H,26,28).